The molecule has 0 spiro atoms. The van der Waals surface area contributed by atoms with Gasteiger partial charge in [-0.2, -0.15) is 5.10 Å². The second-order valence-electron chi connectivity index (χ2n) is 5.14. The molecule has 6 nitrogen and oxygen atoms in total. The molecule has 1 saturated heterocycles. The second-order valence-corrected chi connectivity index (χ2v) is 5.14. The lowest BCUT2D eigenvalue weighted by molar-refractivity contribution is 0.0698. The lowest BCUT2D eigenvalue weighted by Crippen LogP contribution is -2.15. The molecule has 2 aromatic heterocycles. The Bertz CT molecular complexity index is 622. The largest absolute Gasteiger partial charge is 0.478 e. The Balaban J connectivity index is 1.89. The summed E-state index contributed by atoms with van der Waals surface area (Å²) in [6.45, 7) is 2.17. The summed E-state index contributed by atoms with van der Waals surface area (Å²) in [5.74, 6) is 0.329. The Morgan fingerprint density at radius 3 is 3.11 bits per heavy atom. The van der Waals surface area contributed by atoms with Gasteiger partial charge < -0.3 is 10.0 Å². The van der Waals surface area contributed by atoms with Crippen LogP contribution in [0.2, 0.25) is 0 Å². The summed E-state index contributed by atoms with van der Waals surface area (Å²) >= 11 is 0. The van der Waals surface area contributed by atoms with Crippen LogP contribution >= 0.6 is 0 Å². The van der Waals surface area contributed by atoms with E-state index in [-0.39, 0.29) is 5.56 Å². The van der Waals surface area contributed by atoms with Crippen molar-refractivity contribution >= 4 is 11.6 Å². The Morgan fingerprint density at radius 2 is 2.42 bits per heavy atom. The highest BCUT2D eigenvalue weighted by atomic mass is 16.4. The molecule has 0 saturated carbocycles. The van der Waals surface area contributed by atoms with Gasteiger partial charge in [-0.3, -0.25) is 0 Å². The summed E-state index contributed by atoms with van der Waals surface area (Å²) in [7, 11) is 2.11. The van der Waals surface area contributed by atoms with E-state index < -0.39 is 5.97 Å². The third-order valence-electron chi connectivity index (χ3n) is 3.60. The van der Waals surface area contributed by atoms with Crippen LogP contribution in [0.15, 0.2) is 18.3 Å². The van der Waals surface area contributed by atoms with E-state index >= 15 is 0 Å². The second kappa shape index (κ2) is 4.62. The molecule has 3 heterocycles. The maximum atomic E-state index is 11.1. The van der Waals surface area contributed by atoms with Gasteiger partial charge in [0.05, 0.1) is 0 Å². The van der Waals surface area contributed by atoms with E-state index in [0.717, 1.165) is 31.8 Å². The number of aromatic carboxylic acids is 1. The minimum absolute atomic E-state index is 0.199. The first kappa shape index (κ1) is 12.1. The minimum Gasteiger partial charge on any atom is -0.478 e. The van der Waals surface area contributed by atoms with Gasteiger partial charge in [-0.05, 0) is 38.1 Å². The van der Waals surface area contributed by atoms with E-state index in [1.54, 1.807) is 22.8 Å². The van der Waals surface area contributed by atoms with E-state index in [2.05, 4.69) is 22.0 Å². The average Bonchev–Trinajstić information content (AvgIpc) is 2.94. The van der Waals surface area contributed by atoms with Crippen LogP contribution in [0.3, 0.4) is 0 Å². The minimum atomic E-state index is -0.967. The van der Waals surface area contributed by atoms with Crippen molar-refractivity contribution in [2.45, 2.75) is 12.8 Å². The number of likely N-dealkylation sites (tertiary alicyclic amines) is 1. The molecule has 1 aliphatic rings. The number of nitrogens with zero attached hydrogens (tertiary/aromatic N) is 4. The zero-order valence-corrected chi connectivity index (χ0v) is 10.8. The molecule has 1 unspecified atom stereocenters. The van der Waals surface area contributed by atoms with E-state index in [1.165, 1.54) is 0 Å². The van der Waals surface area contributed by atoms with E-state index in [4.69, 9.17) is 5.11 Å². The van der Waals surface area contributed by atoms with Gasteiger partial charge >= 0.3 is 5.97 Å². The van der Waals surface area contributed by atoms with Gasteiger partial charge in [-0.15, -0.1) is 0 Å². The molecule has 1 aliphatic heterocycles. The van der Waals surface area contributed by atoms with Crippen molar-refractivity contribution in [3.05, 3.63) is 29.7 Å². The van der Waals surface area contributed by atoms with E-state index in [1.807, 2.05) is 0 Å². The fourth-order valence-corrected chi connectivity index (χ4v) is 2.65. The zero-order valence-electron chi connectivity index (χ0n) is 10.8. The quantitative estimate of drug-likeness (QED) is 0.888. The number of hydrogen-bond acceptors (Lipinski definition) is 4. The fourth-order valence-electron chi connectivity index (χ4n) is 2.65. The summed E-state index contributed by atoms with van der Waals surface area (Å²) in [6, 6.07) is 3.23. The summed E-state index contributed by atoms with van der Waals surface area (Å²) in [6.07, 6.45) is 3.70. The SMILES string of the molecule is CN1CCC(Cc2nc3c(C(=O)O)cccn3n2)C1. The highest BCUT2D eigenvalue weighted by molar-refractivity contribution is 5.94. The maximum Gasteiger partial charge on any atom is 0.339 e. The van der Waals surface area contributed by atoms with Crippen LogP contribution < -0.4 is 0 Å². The van der Waals surface area contributed by atoms with Crippen LogP contribution in [0.25, 0.3) is 5.65 Å². The van der Waals surface area contributed by atoms with Gasteiger partial charge in [-0.1, -0.05) is 0 Å². The lowest BCUT2D eigenvalue weighted by atomic mass is 10.1. The number of carbonyl (C=O) groups is 1. The summed E-state index contributed by atoms with van der Waals surface area (Å²) in [5.41, 5.74) is 0.626. The van der Waals surface area contributed by atoms with Crippen molar-refractivity contribution in [3.8, 4) is 0 Å². The number of hydrogen-bond donors (Lipinski definition) is 1. The average molecular weight is 260 g/mol. The van der Waals surface area contributed by atoms with Crippen molar-refractivity contribution in [3.63, 3.8) is 0 Å². The molecule has 19 heavy (non-hydrogen) atoms. The molecule has 1 N–H and O–H groups in total. The van der Waals surface area contributed by atoms with Gasteiger partial charge in [0.2, 0.25) is 0 Å². The van der Waals surface area contributed by atoms with Gasteiger partial charge in [0.1, 0.15) is 5.56 Å². The van der Waals surface area contributed by atoms with Crippen LogP contribution in [0, 0.1) is 5.92 Å². The summed E-state index contributed by atoms with van der Waals surface area (Å²) in [5, 5.41) is 13.5. The Kier molecular flexibility index (Phi) is 2.94. The first-order valence-electron chi connectivity index (χ1n) is 6.39. The normalized spacial score (nSPS) is 20.2. The third-order valence-corrected chi connectivity index (χ3v) is 3.60. The molecule has 0 aliphatic carbocycles. The van der Waals surface area contributed by atoms with Crippen molar-refractivity contribution in [1.29, 1.82) is 0 Å². The van der Waals surface area contributed by atoms with Crippen LogP contribution in [0.1, 0.15) is 22.6 Å². The predicted octanol–water partition coefficient (Wildman–Crippen LogP) is 0.922. The van der Waals surface area contributed by atoms with Crippen molar-refractivity contribution in [2.75, 3.05) is 20.1 Å². The fraction of sp³-hybridized carbons (Fsp3) is 0.462. The Hall–Kier alpha value is -1.95. The van der Waals surface area contributed by atoms with Crippen LogP contribution in [-0.2, 0) is 6.42 Å². The molecular formula is C13H16N4O2. The van der Waals surface area contributed by atoms with Gasteiger partial charge in [0.15, 0.2) is 11.5 Å². The van der Waals surface area contributed by atoms with Crippen LogP contribution in [-0.4, -0.2) is 50.7 Å². The molecule has 6 heteroatoms. The highest BCUT2D eigenvalue weighted by Crippen LogP contribution is 2.19. The molecule has 100 valence electrons. The topological polar surface area (TPSA) is 70.7 Å². The molecular weight excluding hydrogens is 244 g/mol. The van der Waals surface area contributed by atoms with Gasteiger partial charge in [-0.25, -0.2) is 14.3 Å². The third kappa shape index (κ3) is 2.31. The molecule has 0 bridgehead atoms. The maximum absolute atomic E-state index is 11.1. The van der Waals surface area contributed by atoms with Crippen LogP contribution in [0.4, 0.5) is 0 Å². The number of pyridine rings is 1. The number of aromatic nitrogens is 3. The Labute approximate surface area is 110 Å². The molecule has 0 radical (unpaired) electrons. The van der Waals surface area contributed by atoms with Crippen LogP contribution in [0.5, 0.6) is 0 Å². The summed E-state index contributed by atoms with van der Waals surface area (Å²) in [4.78, 5) is 17.8. The standard InChI is InChI=1S/C13H16N4O2/c1-16-6-4-9(8-16)7-11-14-12-10(13(18)19)3-2-5-17(12)15-11/h2-3,5,9H,4,6-8H2,1H3,(H,18,19). The number of fused-ring (bicyclic) bond motifs is 1. The van der Waals surface area contributed by atoms with Crippen molar-refractivity contribution in [1.82, 2.24) is 19.5 Å². The molecule has 1 atom stereocenters. The van der Waals surface area contributed by atoms with E-state index in [9.17, 15) is 4.79 Å². The number of carboxylic acid groups (broad SMARTS) is 1. The van der Waals surface area contributed by atoms with E-state index in [0.29, 0.717) is 11.6 Å². The summed E-state index contributed by atoms with van der Waals surface area (Å²) < 4.78 is 1.55. The van der Waals surface area contributed by atoms with Crippen molar-refractivity contribution < 1.29 is 9.90 Å². The first-order chi connectivity index (χ1) is 9.13. The predicted molar refractivity (Wildman–Crippen MR) is 69.3 cm³/mol. The number of carboxylic acids is 1. The zero-order chi connectivity index (χ0) is 13.4. The smallest absolute Gasteiger partial charge is 0.339 e. The highest BCUT2D eigenvalue weighted by Gasteiger charge is 2.22. The molecule has 0 aromatic carbocycles. The van der Waals surface area contributed by atoms with Gasteiger partial charge in [0.25, 0.3) is 0 Å². The van der Waals surface area contributed by atoms with Gasteiger partial charge in [0, 0.05) is 19.2 Å². The molecule has 0 amide bonds. The monoisotopic (exact) mass is 260 g/mol. The molecule has 1 fully saturated rings. The lowest BCUT2D eigenvalue weighted by Gasteiger charge is -2.07. The van der Waals surface area contributed by atoms with Crippen molar-refractivity contribution in [2.24, 2.45) is 5.92 Å². The Morgan fingerprint density at radius 1 is 1.58 bits per heavy atom. The first-order valence-corrected chi connectivity index (χ1v) is 6.39. The molecule has 2 aromatic rings. The number of rotatable bonds is 3. The molecule has 3 rings (SSSR count).